The van der Waals surface area contributed by atoms with Crippen LogP contribution >= 0.6 is 0 Å². The number of fused-ring (bicyclic) bond motifs is 1. The number of benzene rings is 1. The van der Waals surface area contributed by atoms with Gasteiger partial charge in [0, 0.05) is 32.1 Å². The maximum atomic E-state index is 10.0. The summed E-state index contributed by atoms with van der Waals surface area (Å²) in [6.45, 7) is 13.9. The van der Waals surface area contributed by atoms with Crippen molar-refractivity contribution < 1.29 is 30.0 Å². The van der Waals surface area contributed by atoms with Crippen molar-refractivity contribution in [2.24, 2.45) is 16.8 Å². The molecule has 2 atom stereocenters. The predicted molar refractivity (Wildman–Crippen MR) is 126 cm³/mol. The second-order valence-electron chi connectivity index (χ2n) is 8.77. The third kappa shape index (κ3) is 8.55. The molecule has 0 amide bonds. The van der Waals surface area contributed by atoms with E-state index in [1.807, 2.05) is 0 Å². The summed E-state index contributed by atoms with van der Waals surface area (Å²) in [6, 6.07) is 8.08. The van der Waals surface area contributed by atoms with Gasteiger partial charge in [-0.05, 0) is 38.8 Å². The Kier molecular flexibility index (Phi) is 10.6. The van der Waals surface area contributed by atoms with Gasteiger partial charge in [-0.25, -0.2) is 0 Å². The number of carbonyl (C=O) groups is 1. The molecule has 0 saturated heterocycles. The summed E-state index contributed by atoms with van der Waals surface area (Å²) in [5.41, 5.74) is 7.52. The Bertz CT molecular complexity index is 924. The maximum absolute atomic E-state index is 10.0. The fourth-order valence-corrected chi connectivity index (χ4v) is 3.87. The van der Waals surface area contributed by atoms with Crippen LogP contribution in [-0.4, -0.2) is 22.6 Å². The molecule has 4 heteroatoms. The summed E-state index contributed by atoms with van der Waals surface area (Å²) in [4.78, 5) is 15.0. The molecule has 1 radical (unpaired) electrons. The number of hydrogen-bond acceptors (Lipinski definition) is 3. The van der Waals surface area contributed by atoms with E-state index in [0.29, 0.717) is 11.8 Å². The first-order valence-electron chi connectivity index (χ1n) is 10.6. The average Bonchev–Trinajstić information content (AvgIpc) is 2.60. The Morgan fingerprint density at radius 2 is 1.90 bits per heavy atom. The fraction of sp³-hybridized carbons (Fsp3) is 0.407. The Morgan fingerprint density at radius 1 is 1.23 bits per heavy atom. The number of nitrogens with zero attached hydrogens (tertiary/aromatic N) is 1. The number of carbonyl (C=O) groups excluding carboxylic acids is 1. The SMILES string of the molecule is CC(=O)/C=C(/C)O.CC1=CC2C(CC(C)C)=CC(c3[c-]c(C)cc(C)c3)=NC2C=C1.[Ir]. The third-order valence-corrected chi connectivity index (χ3v) is 4.89. The van der Waals surface area contributed by atoms with Crippen LogP contribution in [0.15, 0.2) is 64.4 Å². The van der Waals surface area contributed by atoms with Gasteiger partial charge in [0.25, 0.3) is 0 Å². The van der Waals surface area contributed by atoms with E-state index >= 15 is 0 Å². The summed E-state index contributed by atoms with van der Waals surface area (Å²) in [5.74, 6) is 1.02. The largest absolute Gasteiger partial charge is 0.512 e. The summed E-state index contributed by atoms with van der Waals surface area (Å²) in [6.07, 6.45) is 11.4. The van der Waals surface area contributed by atoms with E-state index in [1.165, 1.54) is 42.2 Å². The van der Waals surface area contributed by atoms with E-state index in [2.05, 4.69) is 77.1 Å². The van der Waals surface area contributed by atoms with Crippen molar-refractivity contribution in [3.05, 3.63) is 82.2 Å². The van der Waals surface area contributed by atoms with Crippen LogP contribution < -0.4 is 0 Å². The van der Waals surface area contributed by atoms with Gasteiger partial charge in [-0.15, -0.1) is 34.9 Å². The Labute approximate surface area is 201 Å². The molecule has 0 bridgehead atoms. The molecule has 1 aromatic carbocycles. The monoisotopic (exact) mass is 597 g/mol. The zero-order valence-electron chi connectivity index (χ0n) is 19.6. The fourth-order valence-electron chi connectivity index (χ4n) is 3.87. The smallest absolute Gasteiger partial charge is 0.155 e. The van der Waals surface area contributed by atoms with Crippen molar-refractivity contribution in [2.45, 2.75) is 60.9 Å². The van der Waals surface area contributed by atoms with Crippen LogP contribution in [0.4, 0.5) is 0 Å². The van der Waals surface area contributed by atoms with Crippen molar-refractivity contribution in [3.63, 3.8) is 0 Å². The molecule has 0 aromatic heterocycles. The summed E-state index contributed by atoms with van der Waals surface area (Å²) in [5, 5.41) is 8.36. The van der Waals surface area contributed by atoms with Gasteiger partial charge in [0.05, 0.1) is 11.8 Å². The van der Waals surface area contributed by atoms with E-state index in [9.17, 15) is 4.79 Å². The summed E-state index contributed by atoms with van der Waals surface area (Å²) < 4.78 is 0. The molecule has 1 aliphatic heterocycles. The number of allylic oxidation sites excluding steroid dienone is 5. The van der Waals surface area contributed by atoms with Crippen molar-refractivity contribution in [2.75, 3.05) is 0 Å². The number of hydrogen-bond donors (Lipinski definition) is 1. The van der Waals surface area contributed by atoms with Crippen molar-refractivity contribution in [3.8, 4) is 0 Å². The first-order valence-corrected chi connectivity index (χ1v) is 10.6. The second kappa shape index (κ2) is 12.1. The number of aliphatic hydroxyl groups excluding tert-OH is 1. The predicted octanol–water partition coefficient (Wildman–Crippen LogP) is 6.41. The van der Waals surface area contributed by atoms with Gasteiger partial charge < -0.3 is 10.1 Å². The minimum atomic E-state index is -0.125. The van der Waals surface area contributed by atoms with E-state index in [0.717, 1.165) is 17.7 Å². The zero-order chi connectivity index (χ0) is 22.4. The van der Waals surface area contributed by atoms with Crippen LogP contribution in [0, 0.1) is 31.7 Å². The summed E-state index contributed by atoms with van der Waals surface area (Å²) >= 11 is 0. The Morgan fingerprint density at radius 3 is 2.42 bits per heavy atom. The molecule has 3 rings (SSSR count). The minimum absolute atomic E-state index is 0. The molecule has 0 spiro atoms. The molecule has 1 aliphatic carbocycles. The molecule has 3 nitrogen and oxygen atoms in total. The van der Waals surface area contributed by atoms with Crippen LogP contribution in [0.3, 0.4) is 0 Å². The quantitative estimate of drug-likeness (QED) is 0.248. The van der Waals surface area contributed by atoms with Gasteiger partial charge >= 0.3 is 0 Å². The van der Waals surface area contributed by atoms with Crippen molar-refractivity contribution in [1.82, 2.24) is 0 Å². The van der Waals surface area contributed by atoms with E-state index in [4.69, 9.17) is 10.1 Å². The van der Waals surface area contributed by atoms with Gasteiger partial charge in [0.15, 0.2) is 5.78 Å². The molecule has 31 heavy (non-hydrogen) atoms. The third-order valence-electron chi connectivity index (χ3n) is 4.89. The van der Waals surface area contributed by atoms with Crippen LogP contribution in [0.5, 0.6) is 0 Å². The second-order valence-corrected chi connectivity index (χ2v) is 8.77. The van der Waals surface area contributed by atoms with Crippen LogP contribution in [-0.2, 0) is 24.9 Å². The van der Waals surface area contributed by atoms with E-state index < -0.39 is 0 Å². The van der Waals surface area contributed by atoms with E-state index in [1.54, 1.807) is 0 Å². The van der Waals surface area contributed by atoms with Crippen LogP contribution in [0.25, 0.3) is 0 Å². The zero-order valence-corrected chi connectivity index (χ0v) is 22.0. The number of dihydropyridines is 1. The molecule has 0 saturated carbocycles. The first kappa shape index (κ1) is 27.0. The minimum Gasteiger partial charge on any atom is -0.512 e. The topological polar surface area (TPSA) is 49.7 Å². The number of aryl methyl sites for hydroxylation is 2. The average molecular weight is 597 g/mol. The summed E-state index contributed by atoms with van der Waals surface area (Å²) in [7, 11) is 0. The standard InChI is InChI=1S/C22H26N.C5H8O2.Ir/c1-14(2)8-18-13-22(19-10-16(4)9-17(5)11-19)23-21-7-6-15(3)12-20(18)21;1-4(6)3-5(2)7;/h6-7,9-10,12-14,20-21H,8H2,1-5H3;3,6H,1-2H3;/q-1;;/b;4-3-;. The molecule has 1 heterocycles. The maximum Gasteiger partial charge on any atom is 0.155 e. The molecule has 169 valence electrons. The number of aliphatic imine (C=N–C) groups is 1. The molecule has 2 unspecified atom stereocenters. The normalized spacial score (nSPS) is 19.9. The van der Waals surface area contributed by atoms with Crippen LogP contribution in [0.1, 0.15) is 57.7 Å². The Balaban J connectivity index is 0.000000523. The van der Waals surface area contributed by atoms with Crippen molar-refractivity contribution in [1.29, 1.82) is 0 Å². The molecular weight excluding hydrogens is 563 g/mol. The first-order chi connectivity index (χ1) is 14.0. The van der Waals surface area contributed by atoms with Gasteiger partial charge in [0.2, 0.25) is 0 Å². The van der Waals surface area contributed by atoms with Crippen molar-refractivity contribution >= 4 is 11.5 Å². The molecule has 1 aromatic rings. The number of aliphatic hydroxyl groups is 1. The molecule has 0 fully saturated rings. The molecular formula is C27H34IrNO2-. The molecule has 1 N–H and O–H groups in total. The van der Waals surface area contributed by atoms with E-state index in [-0.39, 0.29) is 37.7 Å². The van der Waals surface area contributed by atoms with Gasteiger partial charge in [-0.1, -0.05) is 63.1 Å². The number of ketones is 1. The Hall–Kier alpha value is -2.03. The number of rotatable bonds is 4. The van der Waals surface area contributed by atoms with Gasteiger partial charge in [-0.2, -0.15) is 0 Å². The van der Waals surface area contributed by atoms with Gasteiger partial charge in [-0.3, -0.25) is 4.79 Å². The van der Waals surface area contributed by atoms with Gasteiger partial charge in [0.1, 0.15) is 0 Å². The molecule has 2 aliphatic rings. The van der Waals surface area contributed by atoms with Crippen LogP contribution in [0.2, 0.25) is 0 Å².